The third-order valence-electron chi connectivity index (χ3n) is 2.82. The van der Waals surface area contributed by atoms with Gasteiger partial charge in [-0.1, -0.05) is 18.2 Å². The molecule has 2 N–H and O–H groups in total. The smallest absolute Gasteiger partial charge is 0.238 e. The highest BCUT2D eigenvalue weighted by atomic mass is 16.3. The number of aryl methyl sites for hydroxylation is 2. The summed E-state index contributed by atoms with van der Waals surface area (Å²) in [6.45, 7) is 8.12. The van der Waals surface area contributed by atoms with Crippen LogP contribution in [-0.4, -0.2) is 41.7 Å². The van der Waals surface area contributed by atoms with Crippen LogP contribution in [-0.2, 0) is 4.79 Å². The number of para-hydroxylation sites is 1. The van der Waals surface area contributed by atoms with Gasteiger partial charge in [0.2, 0.25) is 5.91 Å². The molecule has 1 aromatic carbocycles. The molecule has 0 heterocycles. The van der Waals surface area contributed by atoms with Crippen molar-refractivity contribution in [1.82, 2.24) is 4.90 Å². The van der Waals surface area contributed by atoms with Gasteiger partial charge in [0.1, 0.15) is 0 Å². The summed E-state index contributed by atoms with van der Waals surface area (Å²) in [4.78, 5) is 13.8. The van der Waals surface area contributed by atoms with Gasteiger partial charge < -0.3 is 10.4 Å². The molecule has 0 radical (unpaired) electrons. The molecule has 0 saturated heterocycles. The van der Waals surface area contributed by atoms with Crippen LogP contribution < -0.4 is 5.32 Å². The first-order valence-corrected chi connectivity index (χ1v) is 6.46. The lowest BCUT2D eigenvalue weighted by atomic mass is 10.1. The maximum absolute atomic E-state index is 12.0. The van der Waals surface area contributed by atoms with Gasteiger partial charge in [-0.3, -0.25) is 9.69 Å². The molecule has 0 aliphatic carbocycles. The fourth-order valence-corrected chi connectivity index (χ4v) is 2.15. The topological polar surface area (TPSA) is 52.6 Å². The summed E-state index contributed by atoms with van der Waals surface area (Å²) in [5, 5.41) is 12.6. The maximum atomic E-state index is 12.0. The largest absolute Gasteiger partial charge is 0.389 e. The van der Waals surface area contributed by atoms with Crippen LogP contribution in [0, 0.1) is 13.8 Å². The van der Waals surface area contributed by atoms with Crippen molar-refractivity contribution >= 4 is 11.6 Å². The highest BCUT2D eigenvalue weighted by molar-refractivity contribution is 5.93. The number of carbonyl (C=O) groups is 1. The molecule has 0 unspecified atom stereocenters. The highest BCUT2D eigenvalue weighted by Crippen LogP contribution is 2.19. The van der Waals surface area contributed by atoms with Crippen molar-refractivity contribution in [1.29, 1.82) is 0 Å². The first-order valence-electron chi connectivity index (χ1n) is 6.46. The Balaban J connectivity index is 2.61. The Hall–Kier alpha value is -1.39. The van der Waals surface area contributed by atoms with Crippen LogP contribution in [0.15, 0.2) is 18.2 Å². The first-order chi connectivity index (χ1) is 8.69. The normalized spacial score (nSPS) is 11.7. The monoisotopic (exact) mass is 264 g/mol. The van der Waals surface area contributed by atoms with Gasteiger partial charge >= 0.3 is 0 Å². The predicted molar refractivity (Wildman–Crippen MR) is 78.3 cm³/mol. The zero-order valence-electron chi connectivity index (χ0n) is 12.4. The lowest BCUT2D eigenvalue weighted by molar-refractivity contribution is -0.117. The van der Waals surface area contributed by atoms with Crippen molar-refractivity contribution < 1.29 is 9.90 Å². The summed E-state index contributed by atoms with van der Waals surface area (Å²) in [5.41, 5.74) is 2.19. The predicted octanol–water partition coefficient (Wildman–Crippen LogP) is 1.94. The number of carbonyl (C=O) groups excluding carboxylic acids is 1. The van der Waals surface area contributed by atoms with E-state index in [9.17, 15) is 9.90 Å². The molecule has 1 aromatic rings. The van der Waals surface area contributed by atoms with Crippen LogP contribution in [0.2, 0.25) is 0 Å². The fourth-order valence-electron chi connectivity index (χ4n) is 2.15. The van der Waals surface area contributed by atoms with Gasteiger partial charge in [0.15, 0.2) is 0 Å². The second-order valence-electron chi connectivity index (χ2n) is 5.80. The molecule has 0 bridgehead atoms. The van der Waals surface area contributed by atoms with Crippen LogP contribution >= 0.6 is 0 Å². The lowest BCUT2D eigenvalue weighted by Crippen LogP contribution is -2.40. The van der Waals surface area contributed by atoms with Crippen LogP contribution in [0.1, 0.15) is 25.0 Å². The number of nitrogens with one attached hydrogen (secondary N) is 1. The van der Waals surface area contributed by atoms with Crippen LogP contribution in [0.3, 0.4) is 0 Å². The summed E-state index contributed by atoms with van der Waals surface area (Å²) in [6, 6.07) is 5.92. The number of anilines is 1. The molecule has 1 rings (SSSR count). The van der Waals surface area contributed by atoms with Crippen LogP contribution in [0.25, 0.3) is 0 Å². The van der Waals surface area contributed by atoms with Crippen molar-refractivity contribution in [3.05, 3.63) is 29.3 Å². The molecule has 0 aliphatic heterocycles. The summed E-state index contributed by atoms with van der Waals surface area (Å²) < 4.78 is 0. The number of hydrogen-bond donors (Lipinski definition) is 2. The van der Waals surface area contributed by atoms with Crippen molar-refractivity contribution in [3.63, 3.8) is 0 Å². The van der Waals surface area contributed by atoms with Gasteiger partial charge in [0, 0.05) is 12.2 Å². The van der Waals surface area contributed by atoms with Gasteiger partial charge in [0.05, 0.1) is 12.1 Å². The Morgan fingerprint density at radius 2 is 1.84 bits per heavy atom. The number of amides is 1. The second-order valence-corrected chi connectivity index (χ2v) is 5.80. The number of nitrogens with zero attached hydrogens (tertiary/aromatic N) is 1. The number of hydrogen-bond acceptors (Lipinski definition) is 3. The minimum Gasteiger partial charge on any atom is -0.389 e. The Morgan fingerprint density at radius 1 is 1.32 bits per heavy atom. The number of likely N-dealkylation sites (N-methyl/N-ethyl adjacent to an activating group) is 1. The Kier molecular flexibility index (Phi) is 5.09. The molecule has 0 saturated carbocycles. The third-order valence-corrected chi connectivity index (χ3v) is 2.82. The van der Waals surface area contributed by atoms with E-state index in [1.165, 1.54) is 0 Å². The number of aliphatic hydroxyl groups is 1. The molecule has 0 spiro atoms. The first kappa shape index (κ1) is 15.7. The molecular weight excluding hydrogens is 240 g/mol. The average molecular weight is 264 g/mol. The average Bonchev–Trinajstić information content (AvgIpc) is 2.20. The SMILES string of the molecule is Cc1cccc(C)c1NC(=O)CN(C)CC(C)(C)O. The van der Waals surface area contributed by atoms with E-state index in [0.29, 0.717) is 6.54 Å². The van der Waals surface area contributed by atoms with Gasteiger partial charge in [0.25, 0.3) is 0 Å². The maximum Gasteiger partial charge on any atom is 0.238 e. The lowest BCUT2D eigenvalue weighted by Gasteiger charge is -2.25. The molecule has 0 aromatic heterocycles. The van der Waals surface area contributed by atoms with Crippen LogP contribution in [0.4, 0.5) is 5.69 Å². The van der Waals surface area contributed by atoms with E-state index >= 15 is 0 Å². The Morgan fingerprint density at radius 3 is 2.32 bits per heavy atom. The van der Waals surface area contributed by atoms with E-state index in [2.05, 4.69) is 5.32 Å². The summed E-state index contributed by atoms with van der Waals surface area (Å²) in [7, 11) is 1.82. The zero-order chi connectivity index (χ0) is 14.6. The minimum atomic E-state index is -0.798. The van der Waals surface area contributed by atoms with Crippen molar-refractivity contribution in [2.75, 3.05) is 25.5 Å². The third kappa shape index (κ3) is 5.41. The quantitative estimate of drug-likeness (QED) is 0.854. The highest BCUT2D eigenvalue weighted by Gasteiger charge is 2.17. The summed E-state index contributed by atoms with van der Waals surface area (Å²) in [5.74, 6) is -0.0656. The van der Waals surface area contributed by atoms with E-state index < -0.39 is 5.60 Å². The Labute approximate surface area is 115 Å². The van der Waals surface area contributed by atoms with Gasteiger partial charge in [-0.25, -0.2) is 0 Å². The molecule has 4 heteroatoms. The van der Waals surface area contributed by atoms with E-state index in [4.69, 9.17) is 0 Å². The van der Waals surface area contributed by atoms with E-state index in [0.717, 1.165) is 16.8 Å². The zero-order valence-corrected chi connectivity index (χ0v) is 12.4. The second kappa shape index (κ2) is 6.17. The molecule has 0 fully saturated rings. The van der Waals surface area contributed by atoms with Crippen LogP contribution in [0.5, 0.6) is 0 Å². The number of rotatable bonds is 5. The van der Waals surface area contributed by atoms with Gasteiger partial charge in [-0.05, 0) is 45.9 Å². The summed E-state index contributed by atoms with van der Waals surface area (Å²) >= 11 is 0. The van der Waals surface area contributed by atoms with Crippen molar-refractivity contribution in [2.24, 2.45) is 0 Å². The molecule has 106 valence electrons. The standard InChI is InChI=1S/C15H24N2O2/c1-11-7-6-8-12(2)14(11)16-13(18)9-17(5)10-15(3,4)19/h6-8,19H,9-10H2,1-5H3,(H,16,18). The Bertz CT molecular complexity index is 430. The molecule has 0 atom stereocenters. The van der Waals surface area contributed by atoms with Gasteiger partial charge in [-0.15, -0.1) is 0 Å². The fraction of sp³-hybridized carbons (Fsp3) is 0.533. The van der Waals surface area contributed by atoms with Gasteiger partial charge in [-0.2, -0.15) is 0 Å². The molecule has 19 heavy (non-hydrogen) atoms. The number of benzene rings is 1. The molecule has 1 amide bonds. The van der Waals surface area contributed by atoms with Crippen molar-refractivity contribution in [2.45, 2.75) is 33.3 Å². The van der Waals surface area contributed by atoms with E-state index in [1.807, 2.05) is 44.0 Å². The van der Waals surface area contributed by atoms with E-state index in [-0.39, 0.29) is 12.5 Å². The summed E-state index contributed by atoms with van der Waals surface area (Å²) in [6.07, 6.45) is 0. The van der Waals surface area contributed by atoms with Crippen molar-refractivity contribution in [3.8, 4) is 0 Å². The molecule has 4 nitrogen and oxygen atoms in total. The van der Waals surface area contributed by atoms with E-state index in [1.54, 1.807) is 13.8 Å². The molecule has 0 aliphatic rings. The minimum absolute atomic E-state index is 0.0656. The molecular formula is C15H24N2O2.